The molecule has 2 unspecified atom stereocenters. The zero-order valence-corrected chi connectivity index (χ0v) is 11.4. The Bertz CT molecular complexity index is 318. The van der Waals surface area contributed by atoms with Gasteiger partial charge in [-0.25, -0.2) is 9.79 Å². The first-order valence-corrected chi connectivity index (χ1v) is 6.02. The van der Waals surface area contributed by atoms with Crippen LogP contribution in [0.3, 0.4) is 0 Å². The molecular formula is C11H18N2O3S. The minimum Gasteiger partial charge on any atom is -0.362 e. The Morgan fingerprint density at radius 2 is 2.06 bits per heavy atom. The van der Waals surface area contributed by atoms with Gasteiger partial charge in [-0.15, -0.1) is 0 Å². The second-order valence-electron chi connectivity index (χ2n) is 3.15. The predicted octanol–water partition coefficient (Wildman–Crippen LogP) is 2.28. The summed E-state index contributed by atoms with van der Waals surface area (Å²) in [7, 11) is 1.49. The molecule has 0 radical (unpaired) electrons. The summed E-state index contributed by atoms with van der Waals surface area (Å²) < 4.78 is 5.10. The molecule has 5 nitrogen and oxygen atoms in total. The molecule has 0 N–H and O–H groups in total. The van der Waals surface area contributed by atoms with Crippen molar-refractivity contribution in [3.8, 4) is 0 Å². The standard InChI is InChI=1S/C11H18N2O3S/c1-6-10(14)17-9(4)13(8(3)16-5)11(15)12-7-2/h6-9H,1H2,2-5H3/b12-7+. The Morgan fingerprint density at radius 3 is 2.47 bits per heavy atom. The molecule has 0 aliphatic heterocycles. The number of methoxy groups -OCH3 is 1. The largest absolute Gasteiger partial charge is 0.362 e. The molecule has 17 heavy (non-hydrogen) atoms. The van der Waals surface area contributed by atoms with Crippen LogP contribution in [0, 0.1) is 0 Å². The van der Waals surface area contributed by atoms with Gasteiger partial charge in [0.05, 0.1) is 5.37 Å². The summed E-state index contributed by atoms with van der Waals surface area (Å²) in [4.78, 5) is 28.1. The third-order valence-electron chi connectivity index (χ3n) is 2.04. The number of carbonyl (C=O) groups is 2. The van der Waals surface area contributed by atoms with Crippen LogP contribution in [-0.4, -0.2) is 41.0 Å². The van der Waals surface area contributed by atoms with E-state index in [2.05, 4.69) is 11.6 Å². The van der Waals surface area contributed by atoms with E-state index in [0.29, 0.717) is 0 Å². The van der Waals surface area contributed by atoms with Crippen molar-refractivity contribution in [1.29, 1.82) is 0 Å². The van der Waals surface area contributed by atoms with Gasteiger partial charge in [-0.3, -0.25) is 9.69 Å². The number of aliphatic imine (C=N–C) groups is 1. The molecule has 0 aromatic heterocycles. The molecule has 0 saturated carbocycles. The second kappa shape index (κ2) is 8.03. The van der Waals surface area contributed by atoms with Gasteiger partial charge in [0.15, 0.2) is 0 Å². The molecule has 0 aliphatic carbocycles. The Kier molecular flexibility index (Phi) is 7.49. The van der Waals surface area contributed by atoms with E-state index in [-0.39, 0.29) is 10.5 Å². The van der Waals surface area contributed by atoms with E-state index >= 15 is 0 Å². The van der Waals surface area contributed by atoms with E-state index in [1.807, 2.05) is 0 Å². The number of hydrogen-bond acceptors (Lipinski definition) is 4. The monoisotopic (exact) mass is 258 g/mol. The summed E-state index contributed by atoms with van der Waals surface area (Å²) in [5, 5.41) is -0.564. The average molecular weight is 258 g/mol. The zero-order valence-electron chi connectivity index (χ0n) is 10.5. The van der Waals surface area contributed by atoms with E-state index in [0.717, 1.165) is 11.8 Å². The maximum Gasteiger partial charge on any atom is 0.346 e. The molecule has 96 valence electrons. The first-order chi connectivity index (χ1) is 7.97. The molecule has 0 aliphatic rings. The van der Waals surface area contributed by atoms with E-state index in [1.165, 1.54) is 24.3 Å². The van der Waals surface area contributed by atoms with Crippen molar-refractivity contribution in [3.05, 3.63) is 12.7 Å². The summed E-state index contributed by atoms with van der Waals surface area (Å²) in [6.07, 6.45) is 2.17. The molecule has 0 heterocycles. The smallest absolute Gasteiger partial charge is 0.346 e. The van der Waals surface area contributed by atoms with Crippen molar-refractivity contribution in [2.24, 2.45) is 4.99 Å². The lowest BCUT2D eigenvalue weighted by Gasteiger charge is -2.30. The van der Waals surface area contributed by atoms with Crippen LogP contribution in [0.2, 0.25) is 0 Å². The third kappa shape index (κ3) is 5.14. The molecule has 0 bridgehead atoms. The second-order valence-corrected chi connectivity index (χ2v) is 4.47. The minimum absolute atomic E-state index is 0.195. The average Bonchev–Trinajstić information content (AvgIpc) is 2.29. The maximum absolute atomic E-state index is 11.8. The van der Waals surface area contributed by atoms with Gasteiger partial charge in [0.25, 0.3) is 0 Å². The number of thioether (sulfide) groups is 1. The molecule has 0 saturated heterocycles. The van der Waals surface area contributed by atoms with E-state index in [1.54, 1.807) is 20.8 Å². The normalized spacial score (nSPS) is 14.4. The summed E-state index contributed by atoms with van der Waals surface area (Å²) in [5.74, 6) is 0. The highest BCUT2D eigenvalue weighted by atomic mass is 32.2. The van der Waals surface area contributed by atoms with Crippen molar-refractivity contribution in [1.82, 2.24) is 4.90 Å². The fourth-order valence-electron chi connectivity index (χ4n) is 1.17. The maximum atomic E-state index is 11.8. The number of urea groups is 1. The molecule has 6 heteroatoms. The lowest BCUT2D eigenvalue weighted by Crippen LogP contribution is -2.43. The van der Waals surface area contributed by atoms with Gasteiger partial charge in [-0.1, -0.05) is 18.3 Å². The number of hydrogen-bond donors (Lipinski definition) is 0. The SMILES string of the molecule is C=CC(=O)SC(C)N(C(=O)/N=C/C)C(C)OC. The van der Waals surface area contributed by atoms with Crippen LogP contribution in [0.4, 0.5) is 4.79 Å². The minimum atomic E-state index is -0.452. The number of carbonyl (C=O) groups excluding carboxylic acids is 2. The van der Waals surface area contributed by atoms with Gasteiger partial charge in [0.2, 0.25) is 5.12 Å². The molecule has 0 spiro atoms. The van der Waals surface area contributed by atoms with Gasteiger partial charge < -0.3 is 4.74 Å². The van der Waals surface area contributed by atoms with Crippen LogP contribution >= 0.6 is 11.8 Å². The van der Waals surface area contributed by atoms with Crippen LogP contribution in [-0.2, 0) is 9.53 Å². The summed E-state index contributed by atoms with van der Waals surface area (Å²) in [6.45, 7) is 8.50. The highest BCUT2D eigenvalue weighted by Gasteiger charge is 2.26. The van der Waals surface area contributed by atoms with E-state index in [4.69, 9.17) is 4.74 Å². The quantitative estimate of drug-likeness (QED) is 0.431. The zero-order chi connectivity index (χ0) is 13.4. The van der Waals surface area contributed by atoms with Crippen molar-refractivity contribution < 1.29 is 14.3 Å². The fourth-order valence-corrected chi connectivity index (χ4v) is 1.98. The number of ether oxygens (including phenoxy) is 1. The van der Waals surface area contributed by atoms with Crippen molar-refractivity contribution in [3.63, 3.8) is 0 Å². The first kappa shape index (κ1) is 15.9. The van der Waals surface area contributed by atoms with Crippen LogP contribution in [0.5, 0.6) is 0 Å². The molecule has 0 rings (SSSR count). The van der Waals surface area contributed by atoms with Crippen LogP contribution in [0.15, 0.2) is 17.6 Å². The number of nitrogens with zero attached hydrogens (tertiary/aromatic N) is 2. The lowest BCUT2D eigenvalue weighted by molar-refractivity contribution is -0.107. The van der Waals surface area contributed by atoms with Crippen molar-refractivity contribution in [2.45, 2.75) is 32.4 Å². The van der Waals surface area contributed by atoms with E-state index < -0.39 is 12.3 Å². The Hall–Kier alpha value is -1.14. The first-order valence-electron chi connectivity index (χ1n) is 5.14. The highest BCUT2D eigenvalue weighted by Crippen LogP contribution is 2.20. The molecule has 2 atom stereocenters. The van der Waals surface area contributed by atoms with Crippen molar-refractivity contribution in [2.75, 3.05) is 7.11 Å². The highest BCUT2D eigenvalue weighted by molar-refractivity contribution is 8.14. The fraction of sp³-hybridized carbons (Fsp3) is 0.545. The van der Waals surface area contributed by atoms with E-state index in [9.17, 15) is 9.59 Å². The van der Waals surface area contributed by atoms with Crippen LogP contribution in [0.25, 0.3) is 0 Å². The van der Waals surface area contributed by atoms with Crippen LogP contribution in [0.1, 0.15) is 20.8 Å². The summed E-state index contributed by atoms with van der Waals surface area (Å²) in [5.41, 5.74) is 0. The molecule has 0 fully saturated rings. The molecule has 0 aromatic carbocycles. The molecule has 0 aromatic rings. The number of amides is 2. The van der Waals surface area contributed by atoms with Gasteiger partial charge in [-0.05, 0) is 26.8 Å². The third-order valence-corrected chi connectivity index (χ3v) is 3.01. The lowest BCUT2D eigenvalue weighted by atomic mass is 10.5. The topological polar surface area (TPSA) is 59.0 Å². The summed E-state index contributed by atoms with van der Waals surface area (Å²) >= 11 is 1.000. The summed E-state index contributed by atoms with van der Waals surface area (Å²) in [6, 6.07) is -0.432. The Morgan fingerprint density at radius 1 is 1.47 bits per heavy atom. The molecule has 2 amide bonds. The van der Waals surface area contributed by atoms with Gasteiger partial charge in [0, 0.05) is 13.3 Å². The predicted molar refractivity (Wildman–Crippen MR) is 70.1 cm³/mol. The Balaban J connectivity index is 4.84. The Labute approximate surface area is 106 Å². The van der Waals surface area contributed by atoms with Gasteiger partial charge in [0.1, 0.15) is 6.23 Å². The van der Waals surface area contributed by atoms with Gasteiger partial charge in [-0.2, -0.15) is 0 Å². The van der Waals surface area contributed by atoms with Crippen molar-refractivity contribution >= 4 is 29.1 Å². The molecular weight excluding hydrogens is 240 g/mol. The number of rotatable bonds is 5. The van der Waals surface area contributed by atoms with Gasteiger partial charge >= 0.3 is 6.03 Å². The van der Waals surface area contributed by atoms with Crippen LogP contribution < -0.4 is 0 Å².